The van der Waals surface area contributed by atoms with Crippen molar-refractivity contribution in [3.05, 3.63) is 68.5 Å². The van der Waals surface area contributed by atoms with Crippen LogP contribution in [0, 0.1) is 6.92 Å². The predicted octanol–water partition coefficient (Wildman–Crippen LogP) is 3.41. The van der Waals surface area contributed by atoms with E-state index in [1.54, 1.807) is 30.2 Å². The standard InChI is InChI=1S/C28H27N5O6S2/c1-3-37-27(36)31-11-9-30(10-12-31)24-19(25(34)32-8-4-5-17(2)23(32)29-24)14-22-26(35)33(28(40)41-22)15-18-6-7-20-21(13-18)39-16-38-20/h4-8,13-14H,3,9-12,15-16H2,1-2H3. The Morgan fingerprint density at radius 3 is 2.71 bits per heavy atom. The number of carbonyl (C=O) groups excluding carboxylic acids is 2. The topological polar surface area (TPSA) is 106 Å². The van der Waals surface area contributed by atoms with Crippen molar-refractivity contribution in [2.24, 2.45) is 0 Å². The predicted molar refractivity (Wildman–Crippen MR) is 158 cm³/mol. The van der Waals surface area contributed by atoms with E-state index < -0.39 is 0 Å². The second-order valence-electron chi connectivity index (χ2n) is 9.67. The number of hydrogen-bond acceptors (Lipinski definition) is 10. The first-order valence-electron chi connectivity index (χ1n) is 13.2. The summed E-state index contributed by atoms with van der Waals surface area (Å²) in [6, 6.07) is 9.19. The van der Waals surface area contributed by atoms with Gasteiger partial charge in [0, 0.05) is 32.4 Å². The van der Waals surface area contributed by atoms with E-state index in [9.17, 15) is 14.4 Å². The summed E-state index contributed by atoms with van der Waals surface area (Å²) in [5, 5.41) is 0. The van der Waals surface area contributed by atoms with E-state index in [2.05, 4.69) is 0 Å². The zero-order chi connectivity index (χ0) is 28.7. The van der Waals surface area contributed by atoms with Crippen molar-refractivity contribution in [1.82, 2.24) is 19.2 Å². The maximum Gasteiger partial charge on any atom is 0.409 e. The number of carbonyl (C=O) groups is 2. The second-order valence-corrected chi connectivity index (χ2v) is 11.3. The second kappa shape index (κ2) is 11.1. The number of benzene rings is 1. The largest absolute Gasteiger partial charge is 0.454 e. The number of fused-ring (bicyclic) bond motifs is 2. The molecule has 0 N–H and O–H groups in total. The first-order chi connectivity index (χ1) is 19.8. The van der Waals surface area contributed by atoms with Gasteiger partial charge in [-0.3, -0.25) is 18.9 Å². The average Bonchev–Trinajstić information content (AvgIpc) is 3.54. The summed E-state index contributed by atoms with van der Waals surface area (Å²) in [5.41, 5.74) is 2.23. The highest BCUT2D eigenvalue weighted by Gasteiger charge is 2.34. The molecule has 2 amide bonds. The Bertz CT molecular complexity index is 1660. The van der Waals surface area contributed by atoms with Crippen LogP contribution in [-0.2, 0) is 16.1 Å². The Labute approximate surface area is 245 Å². The summed E-state index contributed by atoms with van der Waals surface area (Å²) in [4.78, 5) is 50.0. The summed E-state index contributed by atoms with van der Waals surface area (Å²) < 4.78 is 17.9. The molecule has 0 aliphatic carbocycles. The molecular formula is C28H27N5O6S2. The molecule has 2 aromatic heterocycles. The van der Waals surface area contributed by atoms with Gasteiger partial charge in [-0.1, -0.05) is 36.1 Å². The molecule has 41 heavy (non-hydrogen) atoms. The number of amides is 2. The lowest BCUT2D eigenvalue weighted by molar-refractivity contribution is -0.122. The van der Waals surface area contributed by atoms with Crippen molar-refractivity contribution in [1.29, 1.82) is 0 Å². The van der Waals surface area contributed by atoms with Gasteiger partial charge < -0.3 is 24.0 Å². The number of anilines is 1. The van der Waals surface area contributed by atoms with E-state index in [0.29, 0.717) is 70.5 Å². The Balaban J connectivity index is 1.33. The SMILES string of the molecule is CCOC(=O)N1CCN(c2nc3c(C)cccn3c(=O)c2C=C2SC(=S)N(Cc3ccc4c(c3)OCO4)C2=O)CC1. The van der Waals surface area contributed by atoms with Crippen LogP contribution in [0.1, 0.15) is 23.6 Å². The van der Waals surface area contributed by atoms with E-state index in [-0.39, 0.29) is 30.9 Å². The van der Waals surface area contributed by atoms with E-state index >= 15 is 0 Å². The minimum absolute atomic E-state index is 0.164. The smallest absolute Gasteiger partial charge is 0.409 e. The molecule has 0 atom stereocenters. The van der Waals surface area contributed by atoms with E-state index in [1.807, 2.05) is 36.1 Å². The Kier molecular flexibility index (Phi) is 7.30. The first kappa shape index (κ1) is 27.1. The van der Waals surface area contributed by atoms with Gasteiger partial charge in [0.15, 0.2) is 11.5 Å². The van der Waals surface area contributed by atoms with Crippen LogP contribution < -0.4 is 19.9 Å². The number of thioether (sulfide) groups is 1. The molecule has 212 valence electrons. The van der Waals surface area contributed by atoms with Crippen molar-refractivity contribution in [2.75, 3.05) is 44.5 Å². The maximum absolute atomic E-state index is 13.8. The fourth-order valence-electron chi connectivity index (χ4n) is 4.97. The van der Waals surface area contributed by atoms with Crippen LogP contribution in [0.15, 0.2) is 46.2 Å². The molecule has 11 nitrogen and oxygen atoms in total. The zero-order valence-electron chi connectivity index (χ0n) is 22.5. The van der Waals surface area contributed by atoms with Crippen molar-refractivity contribution >= 4 is 57.8 Å². The number of pyridine rings is 1. The zero-order valence-corrected chi connectivity index (χ0v) is 24.1. The number of ether oxygens (including phenoxy) is 3. The van der Waals surface area contributed by atoms with Crippen molar-refractivity contribution < 1.29 is 23.8 Å². The van der Waals surface area contributed by atoms with Gasteiger partial charge >= 0.3 is 6.09 Å². The minimum Gasteiger partial charge on any atom is -0.454 e. The highest BCUT2D eigenvalue weighted by atomic mass is 32.2. The fraction of sp³-hybridized carbons (Fsp3) is 0.321. The number of hydrogen-bond donors (Lipinski definition) is 0. The molecule has 5 heterocycles. The van der Waals surface area contributed by atoms with Crippen LogP contribution in [0.2, 0.25) is 0 Å². The lowest BCUT2D eigenvalue weighted by Gasteiger charge is -2.35. The Hall–Kier alpha value is -4.10. The van der Waals surface area contributed by atoms with Gasteiger partial charge in [0.1, 0.15) is 15.8 Å². The number of aryl methyl sites for hydroxylation is 1. The van der Waals surface area contributed by atoms with Crippen LogP contribution in [-0.4, -0.2) is 75.1 Å². The van der Waals surface area contributed by atoms with Crippen molar-refractivity contribution in [3.63, 3.8) is 0 Å². The molecule has 3 aliphatic rings. The van der Waals surface area contributed by atoms with Gasteiger partial charge in [0.2, 0.25) is 6.79 Å². The molecule has 3 aromatic rings. The third-order valence-electron chi connectivity index (χ3n) is 7.10. The molecule has 2 fully saturated rings. The molecule has 0 bridgehead atoms. The van der Waals surface area contributed by atoms with Gasteiger partial charge in [-0.05, 0) is 49.2 Å². The molecule has 0 saturated carbocycles. The maximum atomic E-state index is 13.8. The summed E-state index contributed by atoms with van der Waals surface area (Å²) in [6.45, 7) is 6.15. The van der Waals surface area contributed by atoms with E-state index in [0.717, 1.165) is 22.9 Å². The molecule has 0 radical (unpaired) electrons. The monoisotopic (exact) mass is 593 g/mol. The van der Waals surface area contributed by atoms with E-state index in [1.165, 1.54) is 9.30 Å². The summed E-state index contributed by atoms with van der Waals surface area (Å²) in [6.07, 6.45) is 2.90. The van der Waals surface area contributed by atoms with Crippen LogP contribution in [0.5, 0.6) is 11.5 Å². The third kappa shape index (κ3) is 5.10. The molecule has 1 aromatic carbocycles. The lowest BCUT2D eigenvalue weighted by atomic mass is 10.2. The molecule has 0 unspecified atom stereocenters. The number of aromatic nitrogens is 2. The molecule has 0 spiro atoms. The molecule has 2 saturated heterocycles. The summed E-state index contributed by atoms with van der Waals surface area (Å²) >= 11 is 6.72. The van der Waals surface area contributed by atoms with Gasteiger partial charge in [-0.2, -0.15) is 0 Å². The minimum atomic E-state index is -0.360. The summed E-state index contributed by atoms with van der Waals surface area (Å²) in [5.74, 6) is 1.47. The van der Waals surface area contributed by atoms with Gasteiger partial charge in [-0.15, -0.1) is 0 Å². The summed E-state index contributed by atoms with van der Waals surface area (Å²) in [7, 11) is 0. The fourth-order valence-corrected chi connectivity index (χ4v) is 6.21. The van der Waals surface area contributed by atoms with Crippen molar-refractivity contribution in [2.45, 2.75) is 20.4 Å². The third-order valence-corrected chi connectivity index (χ3v) is 8.47. The molecule has 6 rings (SSSR count). The Morgan fingerprint density at radius 2 is 1.93 bits per heavy atom. The highest BCUT2D eigenvalue weighted by Crippen LogP contribution is 2.37. The van der Waals surface area contributed by atoms with Crippen molar-refractivity contribution in [3.8, 4) is 11.5 Å². The average molecular weight is 594 g/mol. The molecule has 13 heteroatoms. The highest BCUT2D eigenvalue weighted by molar-refractivity contribution is 8.26. The quantitative estimate of drug-likeness (QED) is 0.323. The number of rotatable bonds is 5. The number of nitrogens with zero attached hydrogens (tertiary/aromatic N) is 5. The van der Waals surface area contributed by atoms with Crippen LogP contribution >= 0.6 is 24.0 Å². The Morgan fingerprint density at radius 1 is 1.15 bits per heavy atom. The normalized spacial score (nSPS) is 17.7. The van der Waals surface area contributed by atoms with E-state index in [4.69, 9.17) is 31.4 Å². The van der Waals surface area contributed by atoms with Crippen LogP contribution in [0.3, 0.4) is 0 Å². The van der Waals surface area contributed by atoms with Crippen LogP contribution in [0.25, 0.3) is 11.7 Å². The first-order valence-corrected chi connectivity index (χ1v) is 14.4. The molecular weight excluding hydrogens is 566 g/mol. The van der Waals surface area contributed by atoms with Gasteiger partial charge in [0.05, 0.1) is 23.6 Å². The number of piperazine rings is 1. The van der Waals surface area contributed by atoms with Crippen LogP contribution in [0.4, 0.5) is 10.6 Å². The van der Waals surface area contributed by atoms with Gasteiger partial charge in [0.25, 0.3) is 11.5 Å². The van der Waals surface area contributed by atoms with Gasteiger partial charge in [-0.25, -0.2) is 9.78 Å². The lowest BCUT2D eigenvalue weighted by Crippen LogP contribution is -2.49. The molecule has 3 aliphatic heterocycles. The number of thiocarbonyl (C=S) groups is 1.